The summed E-state index contributed by atoms with van der Waals surface area (Å²) in [7, 11) is 2.95. The number of carbonyl (C=O) groups excluding carboxylic acids is 2. The van der Waals surface area contributed by atoms with Crippen LogP contribution in [0.3, 0.4) is 0 Å². The lowest BCUT2D eigenvalue weighted by atomic mass is 10.1. The van der Waals surface area contributed by atoms with Crippen molar-refractivity contribution < 1.29 is 23.8 Å². The van der Waals surface area contributed by atoms with Gasteiger partial charge >= 0.3 is 0 Å². The summed E-state index contributed by atoms with van der Waals surface area (Å²) in [6, 6.07) is 18.7. The molecule has 0 aliphatic carbocycles. The fourth-order valence-electron chi connectivity index (χ4n) is 3.08. The molecule has 0 fully saturated rings. The Morgan fingerprint density at radius 3 is 2.39 bits per heavy atom. The Morgan fingerprint density at radius 2 is 1.72 bits per heavy atom. The van der Waals surface area contributed by atoms with Crippen molar-refractivity contribution in [3.63, 3.8) is 0 Å². The van der Waals surface area contributed by atoms with Crippen LogP contribution < -0.4 is 24.8 Å². The molecule has 0 radical (unpaired) electrons. The van der Waals surface area contributed by atoms with E-state index in [4.69, 9.17) is 25.8 Å². The first-order chi connectivity index (χ1) is 17.3. The Labute approximate surface area is 221 Å². The van der Waals surface area contributed by atoms with Gasteiger partial charge in [-0.15, -0.1) is 0 Å². The number of benzene rings is 3. The van der Waals surface area contributed by atoms with Gasteiger partial charge in [0, 0.05) is 10.7 Å². The van der Waals surface area contributed by atoms with E-state index < -0.39 is 11.8 Å². The molecule has 10 heteroatoms. The lowest BCUT2D eigenvalue weighted by Crippen LogP contribution is -2.20. The summed E-state index contributed by atoms with van der Waals surface area (Å²) in [5.74, 6) is 0.130. The summed E-state index contributed by atoms with van der Waals surface area (Å²) in [6.45, 7) is -0.296. The third-order valence-corrected chi connectivity index (χ3v) is 5.60. The molecular weight excluding hydrogens is 550 g/mol. The molecule has 2 N–H and O–H groups in total. The summed E-state index contributed by atoms with van der Waals surface area (Å²) in [4.78, 5) is 25.0. The molecule has 0 spiro atoms. The van der Waals surface area contributed by atoms with Crippen molar-refractivity contribution in [2.45, 2.75) is 0 Å². The van der Waals surface area contributed by atoms with Crippen LogP contribution in [0.15, 0.2) is 70.7 Å². The molecule has 3 aromatic rings. The summed E-state index contributed by atoms with van der Waals surface area (Å²) in [5.41, 5.74) is 1.40. The normalized spacial score (nSPS) is 10.7. The molecule has 0 unspecified atom stereocenters. The van der Waals surface area contributed by atoms with E-state index in [0.717, 1.165) is 0 Å². The number of hydrogen-bond acceptors (Lipinski definition) is 6. The van der Waals surface area contributed by atoms with Crippen LogP contribution in [0.4, 0.5) is 11.4 Å². The van der Waals surface area contributed by atoms with Crippen LogP contribution >= 0.6 is 27.5 Å². The number of rotatable bonds is 9. The molecular formula is C26H21BrClN3O5. The minimum atomic E-state index is -0.580. The monoisotopic (exact) mass is 569 g/mol. The molecule has 3 rings (SSSR count). The molecule has 0 bridgehead atoms. The van der Waals surface area contributed by atoms with Gasteiger partial charge in [0.1, 0.15) is 17.4 Å². The van der Waals surface area contributed by atoms with Crippen molar-refractivity contribution in [2.24, 2.45) is 0 Å². The first kappa shape index (κ1) is 26.6. The Balaban J connectivity index is 1.74. The Hall–Kier alpha value is -4.00. The molecule has 8 nitrogen and oxygen atoms in total. The van der Waals surface area contributed by atoms with E-state index in [0.29, 0.717) is 37.9 Å². The molecule has 184 valence electrons. The van der Waals surface area contributed by atoms with E-state index in [2.05, 4.69) is 26.6 Å². The van der Waals surface area contributed by atoms with Gasteiger partial charge in [-0.2, -0.15) is 5.26 Å². The zero-order valence-electron chi connectivity index (χ0n) is 19.3. The highest BCUT2D eigenvalue weighted by molar-refractivity contribution is 9.10. The third kappa shape index (κ3) is 7.01. The summed E-state index contributed by atoms with van der Waals surface area (Å²) >= 11 is 9.27. The summed E-state index contributed by atoms with van der Waals surface area (Å²) < 4.78 is 16.8. The Morgan fingerprint density at radius 1 is 1.03 bits per heavy atom. The van der Waals surface area contributed by atoms with Gasteiger partial charge in [0.2, 0.25) is 0 Å². The van der Waals surface area contributed by atoms with E-state index in [1.165, 1.54) is 20.3 Å². The van der Waals surface area contributed by atoms with Gasteiger partial charge in [-0.1, -0.05) is 23.7 Å². The molecule has 36 heavy (non-hydrogen) atoms. The van der Waals surface area contributed by atoms with Gasteiger partial charge in [-0.25, -0.2) is 0 Å². The van der Waals surface area contributed by atoms with Gasteiger partial charge < -0.3 is 24.8 Å². The minimum Gasteiger partial charge on any atom is -0.495 e. The molecule has 2 amide bonds. The van der Waals surface area contributed by atoms with Crippen molar-refractivity contribution in [3.05, 3.63) is 81.3 Å². The van der Waals surface area contributed by atoms with Crippen LogP contribution in [-0.2, 0) is 9.59 Å². The number of halogens is 2. The fraction of sp³-hybridized carbons (Fsp3) is 0.115. The van der Waals surface area contributed by atoms with Crippen molar-refractivity contribution in [1.29, 1.82) is 5.26 Å². The minimum absolute atomic E-state index is 0.122. The lowest BCUT2D eigenvalue weighted by Gasteiger charge is -2.14. The van der Waals surface area contributed by atoms with Crippen molar-refractivity contribution in [1.82, 2.24) is 0 Å². The number of anilines is 2. The van der Waals surface area contributed by atoms with Crippen LogP contribution in [0.1, 0.15) is 5.56 Å². The SMILES string of the molecule is COc1ccccc1NC(=O)COc1c(Br)cc(/C=C(/C#N)C(=O)Nc2ccc(Cl)cc2)cc1OC. The number of hydrogen-bond donors (Lipinski definition) is 2. The highest BCUT2D eigenvalue weighted by Crippen LogP contribution is 2.37. The number of nitrogens with one attached hydrogen (secondary N) is 2. The summed E-state index contributed by atoms with van der Waals surface area (Å²) in [5, 5.41) is 15.4. The maximum atomic E-state index is 12.6. The third-order valence-electron chi connectivity index (χ3n) is 4.76. The number of nitriles is 1. The topological polar surface area (TPSA) is 110 Å². The van der Waals surface area contributed by atoms with E-state index in [-0.39, 0.29) is 17.9 Å². The number of para-hydroxylation sites is 2. The molecule has 0 aliphatic heterocycles. The lowest BCUT2D eigenvalue weighted by molar-refractivity contribution is -0.118. The standard InChI is InChI=1S/C26H21BrClN3O5/c1-34-22-6-4-3-5-21(22)31-24(32)15-36-25-20(27)12-16(13-23(25)35-2)11-17(14-29)26(33)30-19-9-7-18(28)8-10-19/h3-13H,15H2,1-2H3,(H,30,33)(H,31,32)/b17-11-. The van der Waals surface area contributed by atoms with Gasteiger partial charge in [0.05, 0.1) is 24.4 Å². The molecule has 3 aromatic carbocycles. The average Bonchev–Trinajstić information content (AvgIpc) is 2.87. The second kappa shape index (κ2) is 12.6. The Kier molecular flexibility index (Phi) is 9.33. The number of ether oxygens (including phenoxy) is 3. The van der Waals surface area contributed by atoms with Crippen molar-refractivity contribution in [2.75, 3.05) is 31.5 Å². The number of carbonyl (C=O) groups is 2. The first-order valence-electron chi connectivity index (χ1n) is 10.5. The van der Waals surface area contributed by atoms with Gasteiger partial charge in [-0.05, 0) is 76.1 Å². The number of amides is 2. The van der Waals surface area contributed by atoms with E-state index in [1.54, 1.807) is 60.7 Å². The van der Waals surface area contributed by atoms with Crippen molar-refractivity contribution >= 4 is 56.8 Å². The highest BCUT2D eigenvalue weighted by atomic mass is 79.9. The molecule has 0 heterocycles. The molecule has 0 saturated heterocycles. The van der Waals surface area contributed by atoms with E-state index >= 15 is 0 Å². The second-order valence-electron chi connectivity index (χ2n) is 7.20. The average molecular weight is 571 g/mol. The van der Waals surface area contributed by atoms with Crippen molar-refractivity contribution in [3.8, 4) is 23.3 Å². The molecule has 0 saturated carbocycles. The second-order valence-corrected chi connectivity index (χ2v) is 8.49. The van der Waals surface area contributed by atoms with Crippen LogP contribution in [0, 0.1) is 11.3 Å². The maximum absolute atomic E-state index is 12.6. The molecule has 0 aromatic heterocycles. The predicted molar refractivity (Wildman–Crippen MR) is 141 cm³/mol. The quantitative estimate of drug-likeness (QED) is 0.253. The van der Waals surface area contributed by atoms with E-state index in [9.17, 15) is 14.9 Å². The molecule has 0 aliphatic rings. The zero-order valence-corrected chi connectivity index (χ0v) is 21.6. The first-order valence-corrected chi connectivity index (χ1v) is 11.6. The van der Waals surface area contributed by atoms with Crippen LogP contribution in [0.5, 0.6) is 17.2 Å². The maximum Gasteiger partial charge on any atom is 0.266 e. The smallest absolute Gasteiger partial charge is 0.266 e. The number of methoxy groups -OCH3 is 2. The molecule has 0 atom stereocenters. The van der Waals surface area contributed by atoms with Crippen LogP contribution in [0.25, 0.3) is 6.08 Å². The van der Waals surface area contributed by atoms with Gasteiger partial charge in [0.15, 0.2) is 18.1 Å². The van der Waals surface area contributed by atoms with Crippen LogP contribution in [-0.4, -0.2) is 32.6 Å². The predicted octanol–water partition coefficient (Wildman–Crippen LogP) is 5.68. The highest BCUT2D eigenvalue weighted by Gasteiger charge is 2.16. The Bertz CT molecular complexity index is 1340. The van der Waals surface area contributed by atoms with E-state index in [1.807, 2.05) is 6.07 Å². The van der Waals surface area contributed by atoms with Gasteiger partial charge in [0.25, 0.3) is 11.8 Å². The number of nitrogens with zero attached hydrogens (tertiary/aromatic N) is 1. The van der Waals surface area contributed by atoms with Crippen LogP contribution in [0.2, 0.25) is 5.02 Å². The summed E-state index contributed by atoms with van der Waals surface area (Å²) in [6.07, 6.45) is 1.41. The zero-order chi connectivity index (χ0) is 26.1. The van der Waals surface area contributed by atoms with Gasteiger partial charge in [-0.3, -0.25) is 9.59 Å². The largest absolute Gasteiger partial charge is 0.495 e. The fourth-order valence-corrected chi connectivity index (χ4v) is 3.78.